The van der Waals surface area contributed by atoms with Gasteiger partial charge in [-0.15, -0.1) is 0 Å². The van der Waals surface area contributed by atoms with Crippen LogP contribution in [0.3, 0.4) is 0 Å². The van der Waals surface area contributed by atoms with Crippen molar-refractivity contribution < 1.29 is 9.26 Å². The van der Waals surface area contributed by atoms with Crippen molar-refractivity contribution in [2.45, 2.75) is 25.9 Å². The van der Waals surface area contributed by atoms with Gasteiger partial charge in [0.15, 0.2) is 0 Å². The summed E-state index contributed by atoms with van der Waals surface area (Å²) in [6.45, 7) is 2.62. The van der Waals surface area contributed by atoms with E-state index in [0.717, 1.165) is 18.4 Å². The summed E-state index contributed by atoms with van der Waals surface area (Å²) in [6.07, 6.45) is 3.89. The molecule has 2 aromatic heterocycles. The molecule has 1 aliphatic rings. The Kier molecular flexibility index (Phi) is 3.16. The number of pyridine rings is 1. The number of rotatable bonds is 5. The van der Waals surface area contributed by atoms with E-state index in [4.69, 9.17) is 15.0 Å². The Balaban J connectivity index is 1.85. The second-order valence-electron chi connectivity index (χ2n) is 4.64. The topological polar surface area (TPSA) is 87.1 Å². The summed E-state index contributed by atoms with van der Waals surface area (Å²) in [5.41, 5.74) is 6.42. The summed E-state index contributed by atoms with van der Waals surface area (Å²) in [6, 6.07) is 3.50. The lowest BCUT2D eigenvalue weighted by atomic mass is 10.2. The molecule has 6 heteroatoms. The molecular formula is C13H16N4O2. The van der Waals surface area contributed by atoms with E-state index in [0.29, 0.717) is 30.1 Å². The summed E-state index contributed by atoms with van der Waals surface area (Å²) in [5, 5.41) is 4.03. The maximum absolute atomic E-state index is 5.70. The first-order valence-electron chi connectivity index (χ1n) is 6.45. The summed E-state index contributed by atoms with van der Waals surface area (Å²) in [7, 11) is 0. The molecule has 1 saturated carbocycles. The molecule has 0 spiro atoms. The van der Waals surface area contributed by atoms with Crippen molar-refractivity contribution in [1.29, 1.82) is 0 Å². The minimum Gasteiger partial charge on any atom is -0.384 e. The molecule has 100 valence electrons. The Hall–Kier alpha value is -1.95. The number of hydrogen-bond donors (Lipinski definition) is 1. The third-order valence-corrected chi connectivity index (χ3v) is 3.12. The molecule has 0 amide bonds. The largest absolute Gasteiger partial charge is 0.384 e. The van der Waals surface area contributed by atoms with Gasteiger partial charge >= 0.3 is 0 Å². The van der Waals surface area contributed by atoms with Crippen LogP contribution in [0.1, 0.15) is 31.7 Å². The molecule has 0 saturated heterocycles. The SMILES string of the molecule is CCOC(c1noc(-c2ccnc(N)c2)n1)C1CC1. The fourth-order valence-corrected chi connectivity index (χ4v) is 2.05. The zero-order chi connectivity index (χ0) is 13.2. The van der Waals surface area contributed by atoms with E-state index in [2.05, 4.69) is 15.1 Å². The molecule has 2 N–H and O–H groups in total. The predicted octanol–water partition coefficient (Wildman–Crippen LogP) is 2.20. The van der Waals surface area contributed by atoms with Crippen molar-refractivity contribution in [2.75, 3.05) is 12.3 Å². The first-order valence-corrected chi connectivity index (χ1v) is 6.45. The van der Waals surface area contributed by atoms with Gasteiger partial charge in [0, 0.05) is 18.4 Å². The van der Waals surface area contributed by atoms with Crippen molar-refractivity contribution in [3.63, 3.8) is 0 Å². The van der Waals surface area contributed by atoms with E-state index in [-0.39, 0.29) is 6.10 Å². The Morgan fingerprint density at radius 2 is 2.37 bits per heavy atom. The highest BCUT2D eigenvalue weighted by molar-refractivity contribution is 5.56. The molecule has 19 heavy (non-hydrogen) atoms. The van der Waals surface area contributed by atoms with Crippen LogP contribution in [0.25, 0.3) is 11.5 Å². The number of ether oxygens (including phenoxy) is 1. The molecule has 1 fully saturated rings. The highest BCUT2D eigenvalue weighted by atomic mass is 16.5. The molecule has 0 radical (unpaired) electrons. The average Bonchev–Trinajstić information content (AvgIpc) is 3.13. The highest BCUT2D eigenvalue weighted by Crippen LogP contribution is 2.42. The standard InChI is InChI=1S/C13H16N4O2/c1-2-18-11(8-3-4-8)12-16-13(19-17-12)9-5-6-15-10(14)7-9/h5-8,11H,2-4H2,1H3,(H2,14,15). The minimum absolute atomic E-state index is 0.0540. The number of nitrogens with two attached hydrogens (primary N) is 1. The van der Waals surface area contributed by atoms with Crippen molar-refractivity contribution in [1.82, 2.24) is 15.1 Å². The normalized spacial score (nSPS) is 16.5. The first kappa shape index (κ1) is 12.1. The van der Waals surface area contributed by atoms with Gasteiger partial charge in [-0.25, -0.2) is 4.98 Å². The molecule has 1 unspecified atom stereocenters. The van der Waals surface area contributed by atoms with Gasteiger partial charge in [-0.05, 0) is 37.8 Å². The van der Waals surface area contributed by atoms with Crippen LogP contribution < -0.4 is 5.73 Å². The second-order valence-corrected chi connectivity index (χ2v) is 4.64. The second kappa shape index (κ2) is 4.97. The Bertz CT molecular complexity index is 565. The van der Waals surface area contributed by atoms with Gasteiger partial charge in [0.1, 0.15) is 11.9 Å². The molecule has 2 heterocycles. The van der Waals surface area contributed by atoms with Gasteiger partial charge in [-0.3, -0.25) is 0 Å². The number of nitrogens with zero attached hydrogens (tertiary/aromatic N) is 3. The molecule has 3 rings (SSSR count). The van der Waals surface area contributed by atoms with Crippen molar-refractivity contribution in [3.8, 4) is 11.5 Å². The van der Waals surface area contributed by atoms with Crippen LogP contribution in [0.4, 0.5) is 5.82 Å². The molecule has 6 nitrogen and oxygen atoms in total. The van der Waals surface area contributed by atoms with Gasteiger partial charge in [-0.2, -0.15) is 4.98 Å². The van der Waals surface area contributed by atoms with Crippen LogP contribution in [0.5, 0.6) is 0 Å². The van der Waals surface area contributed by atoms with Gasteiger partial charge in [-0.1, -0.05) is 5.16 Å². The average molecular weight is 260 g/mol. The molecule has 1 atom stereocenters. The predicted molar refractivity (Wildman–Crippen MR) is 69.0 cm³/mol. The van der Waals surface area contributed by atoms with E-state index in [1.54, 1.807) is 18.3 Å². The van der Waals surface area contributed by atoms with Crippen LogP contribution in [0.15, 0.2) is 22.9 Å². The minimum atomic E-state index is -0.0540. The van der Waals surface area contributed by atoms with E-state index < -0.39 is 0 Å². The number of nitrogen functional groups attached to an aromatic ring is 1. The van der Waals surface area contributed by atoms with Gasteiger partial charge in [0.25, 0.3) is 5.89 Å². The quantitative estimate of drug-likeness (QED) is 0.886. The van der Waals surface area contributed by atoms with Crippen LogP contribution in [0, 0.1) is 5.92 Å². The van der Waals surface area contributed by atoms with Crippen LogP contribution in [-0.4, -0.2) is 21.7 Å². The monoisotopic (exact) mass is 260 g/mol. The molecule has 0 bridgehead atoms. The third kappa shape index (κ3) is 2.58. The highest BCUT2D eigenvalue weighted by Gasteiger charge is 2.36. The lowest BCUT2D eigenvalue weighted by Gasteiger charge is -2.10. The van der Waals surface area contributed by atoms with Crippen molar-refractivity contribution in [3.05, 3.63) is 24.2 Å². The van der Waals surface area contributed by atoms with Crippen molar-refractivity contribution >= 4 is 5.82 Å². The fraction of sp³-hybridized carbons (Fsp3) is 0.462. The number of aromatic nitrogens is 3. The van der Waals surface area contributed by atoms with Gasteiger partial charge < -0.3 is 15.0 Å². The zero-order valence-corrected chi connectivity index (χ0v) is 10.7. The molecule has 0 aromatic carbocycles. The summed E-state index contributed by atoms with van der Waals surface area (Å²) in [4.78, 5) is 8.35. The van der Waals surface area contributed by atoms with E-state index in [1.807, 2.05) is 6.92 Å². The Morgan fingerprint density at radius 3 is 3.05 bits per heavy atom. The lowest BCUT2D eigenvalue weighted by molar-refractivity contribution is 0.0385. The number of anilines is 1. The third-order valence-electron chi connectivity index (χ3n) is 3.12. The Labute approximate surface area is 111 Å². The lowest BCUT2D eigenvalue weighted by Crippen LogP contribution is -2.08. The fourth-order valence-electron chi connectivity index (χ4n) is 2.05. The maximum atomic E-state index is 5.70. The molecular weight excluding hydrogens is 244 g/mol. The Morgan fingerprint density at radius 1 is 1.53 bits per heavy atom. The molecule has 2 aromatic rings. The van der Waals surface area contributed by atoms with E-state index in [9.17, 15) is 0 Å². The molecule has 1 aliphatic carbocycles. The number of hydrogen-bond acceptors (Lipinski definition) is 6. The van der Waals surface area contributed by atoms with E-state index >= 15 is 0 Å². The smallest absolute Gasteiger partial charge is 0.258 e. The van der Waals surface area contributed by atoms with Crippen molar-refractivity contribution in [2.24, 2.45) is 5.92 Å². The van der Waals surface area contributed by atoms with E-state index in [1.165, 1.54) is 0 Å². The van der Waals surface area contributed by atoms with Crippen LogP contribution in [-0.2, 0) is 4.74 Å². The van der Waals surface area contributed by atoms with Crippen LogP contribution >= 0.6 is 0 Å². The summed E-state index contributed by atoms with van der Waals surface area (Å²) in [5.74, 6) is 2.03. The zero-order valence-electron chi connectivity index (χ0n) is 10.7. The summed E-state index contributed by atoms with van der Waals surface area (Å²) >= 11 is 0. The van der Waals surface area contributed by atoms with Gasteiger partial charge in [0.05, 0.1) is 0 Å². The van der Waals surface area contributed by atoms with Crippen LogP contribution in [0.2, 0.25) is 0 Å². The maximum Gasteiger partial charge on any atom is 0.258 e. The van der Waals surface area contributed by atoms with Gasteiger partial charge in [0.2, 0.25) is 5.82 Å². The first-order chi connectivity index (χ1) is 9.28. The molecule has 0 aliphatic heterocycles. The summed E-state index contributed by atoms with van der Waals surface area (Å²) < 4.78 is 11.0.